The van der Waals surface area contributed by atoms with E-state index in [0.29, 0.717) is 10.6 Å². The number of primary sulfonamides is 1. The molecule has 136 valence electrons. The molecule has 0 atom stereocenters. The second-order valence-corrected chi connectivity index (χ2v) is 7.78. The largest absolute Gasteiger partial charge is 0.366 e. The Hall–Kier alpha value is -2.00. The standard InChI is InChI=1S/C16H11Cl2F2N3O2S/c17-11-7-5-10(6-8-11)13-9-15(16(18,19)20)22-23(13)12-3-1-2-4-14(12)26(21,24)25/h1-9H,(H2,21,24,25). The molecule has 3 aromatic rings. The van der Waals surface area contributed by atoms with Crippen molar-refractivity contribution in [3.05, 3.63) is 65.3 Å². The Morgan fingerprint density at radius 3 is 2.27 bits per heavy atom. The summed E-state index contributed by atoms with van der Waals surface area (Å²) in [6, 6.07) is 13.1. The van der Waals surface area contributed by atoms with Crippen molar-refractivity contribution in [3.63, 3.8) is 0 Å². The van der Waals surface area contributed by atoms with Crippen molar-refractivity contribution in [2.24, 2.45) is 5.14 Å². The quantitative estimate of drug-likeness (QED) is 0.648. The smallest absolute Gasteiger partial charge is 0.231 e. The molecule has 0 bridgehead atoms. The van der Waals surface area contributed by atoms with E-state index in [2.05, 4.69) is 5.10 Å². The zero-order chi connectivity index (χ0) is 19.1. The fourth-order valence-corrected chi connectivity index (χ4v) is 3.33. The van der Waals surface area contributed by atoms with E-state index in [0.717, 1.165) is 10.7 Å². The van der Waals surface area contributed by atoms with E-state index in [9.17, 15) is 17.2 Å². The van der Waals surface area contributed by atoms with Crippen LogP contribution in [0, 0.1) is 0 Å². The summed E-state index contributed by atoms with van der Waals surface area (Å²) in [5.41, 5.74) is -0.0214. The van der Waals surface area contributed by atoms with Gasteiger partial charge in [-0.3, -0.25) is 0 Å². The Balaban J connectivity index is 2.31. The van der Waals surface area contributed by atoms with Crippen LogP contribution in [-0.2, 0) is 15.4 Å². The minimum Gasteiger partial charge on any atom is -0.231 e. The van der Waals surface area contributed by atoms with Gasteiger partial charge in [0.2, 0.25) is 10.0 Å². The third-order valence-corrected chi connectivity index (χ3v) is 4.94. The van der Waals surface area contributed by atoms with Gasteiger partial charge in [-0.25, -0.2) is 18.2 Å². The van der Waals surface area contributed by atoms with Crippen LogP contribution in [0.2, 0.25) is 5.02 Å². The third kappa shape index (κ3) is 3.73. The molecule has 3 rings (SSSR count). The number of para-hydroxylation sites is 1. The van der Waals surface area contributed by atoms with Crippen molar-refractivity contribution in [1.82, 2.24) is 9.78 Å². The van der Waals surface area contributed by atoms with Crippen molar-refractivity contribution in [2.75, 3.05) is 0 Å². The number of aromatic nitrogens is 2. The summed E-state index contributed by atoms with van der Waals surface area (Å²) in [4.78, 5) is -0.261. The highest BCUT2D eigenvalue weighted by Crippen LogP contribution is 2.36. The van der Waals surface area contributed by atoms with Crippen LogP contribution in [0.15, 0.2) is 59.5 Å². The molecule has 0 aliphatic heterocycles. The maximum atomic E-state index is 13.6. The number of nitrogens with two attached hydrogens (primary N) is 1. The molecule has 0 saturated carbocycles. The minimum absolute atomic E-state index is 0.0205. The van der Waals surface area contributed by atoms with E-state index in [4.69, 9.17) is 28.3 Å². The van der Waals surface area contributed by atoms with E-state index in [1.807, 2.05) is 0 Å². The average molecular weight is 418 g/mol. The molecule has 0 amide bonds. The van der Waals surface area contributed by atoms with Gasteiger partial charge in [0.1, 0.15) is 10.6 Å². The first-order chi connectivity index (χ1) is 12.1. The van der Waals surface area contributed by atoms with Gasteiger partial charge >= 0.3 is 5.38 Å². The zero-order valence-corrected chi connectivity index (χ0v) is 15.2. The molecule has 2 N–H and O–H groups in total. The molecule has 0 saturated heterocycles. The van der Waals surface area contributed by atoms with Gasteiger partial charge in [0, 0.05) is 10.6 Å². The molecule has 1 aromatic heterocycles. The molecule has 0 radical (unpaired) electrons. The second-order valence-electron chi connectivity index (χ2n) is 5.34. The van der Waals surface area contributed by atoms with Crippen molar-refractivity contribution >= 4 is 33.2 Å². The van der Waals surface area contributed by atoms with Gasteiger partial charge in [0.25, 0.3) is 0 Å². The first-order valence-corrected chi connectivity index (χ1v) is 9.43. The van der Waals surface area contributed by atoms with E-state index in [-0.39, 0.29) is 16.3 Å². The Labute approximate surface area is 158 Å². The molecule has 1 heterocycles. The van der Waals surface area contributed by atoms with Crippen molar-refractivity contribution in [1.29, 1.82) is 0 Å². The summed E-state index contributed by atoms with van der Waals surface area (Å²) in [5, 5.41) is 5.76. The third-order valence-electron chi connectivity index (χ3n) is 3.54. The molecule has 10 heteroatoms. The normalized spacial score (nSPS) is 12.3. The SMILES string of the molecule is NS(=O)(=O)c1ccccc1-n1nc(C(F)(F)Cl)cc1-c1ccc(Cl)cc1. The van der Waals surface area contributed by atoms with E-state index in [1.165, 1.54) is 24.3 Å². The Kier molecular flexibility index (Phi) is 4.78. The molecule has 5 nitrogen and oxygen atoms in total. The lowest BCUT2D eigenvalue weighted by Crippen LogP contribution is -2.16. The zero-order valence-electron chi connectivity index (χ0n) is 12.9. The summed E-state index contributed by atoms with van der Waals surface area (Å²) in [6.07, 6.45) is 0. The first-order valence-electron chi connectivity index (χ1n) is 7.13. The first kappa shape index (κ1) is 18.8. The van der Waals surface area contributed by atoms with E-state index in [1.54, 1.807) is 24.3 Å². The number of halogens is 4. The van der Waals surface area contributed by atoms with Crippen LogP contribution in [0.3, 0.4) is 0 Å². The Bertz CT molecular complexity index is 1060. The van der Waals surface area contributed by atoms with Gasteiger partial charge in [-0.2, -0.15) is 13.9 Å². The maximum absolute atomic E-state index is 13.6. The molecule has 0 unspecified atom stereocenters. The number of benzene rings is 2. The molecular weight excluding hydrogens is 407 g/mol. The topological polar surface area (TPSA) is 78.0 Å². The number of alkyl halides is 3. The highest BCUT2D eigenvalue weighted by Gasteiger charge is 2.33. The number of hydrogen-bond donors (Lipinski definition) is 1. The molecule has 0 aliphatic carbocycles. The maximum Gasteiger partial charge on any atom is 0.366 e. The van der Waals surface area contributed by atoms with Crippen molar-refractivity contribution in [2.45, 2.75) is 10.3 Å². The Morgan fingerprint density at radius 2 is 1.69 bits per heavy atom. The predicted octanol–water partition coefficient (Wildman–Crippen LogP) is 4.13. The molecule has 26 heavy (non-hydrogen) atoms. The van der Waals surface area contributed by atoms with Crippen LogP contribution in [-0.4, -0.2) is 18.2 Å². The molecule has 0 spiro atoms. The lowest BCUT2D eigenvalue weighted by molar-refractivity contribution is 0.0895. The lowest BCUT2D eigenvalue weighted by atomic mass is 10.1. The van der Waals surface area contributed by atoms with Crippen LogP contribution < -0.4 is 5.14 Å². The lowest BCUT2D eigenvalue weighted by Gasteiger charge is -2.11. The summed E-state index contributed by atoms with van der Waals surface area (Å²) in [7, 11) is -4.12. The van der Waals surface area contributed by atoms with Crippen LogP contribution >= 0.6 is 23.2 Å². The predicted molar refractivity (Wildman–Crippen MR) is 95.1 cm³/mol. The van der Waals surface area contributed by atoms with Gasteiger partial charge in [0.15, 0.2) is 0 Å². The van der Waals surface area contributed by atoms with Crippen LogP contribution in [0.1, 0.15) is 5.69 Å². The van der Waals surface area contributed by atoms with Gasteiger partial charge in [-0.15, -0.1) is 0 Å². The number of rotatable bonds is 4. The van der Waals surface area contributed by atoms with Crippen molar-refractivity contribution < 1.29 is 17.2 Å². The van der Waals surface area contributed by atoms with Gasteiger partial charge in [-0.05, 0) is 41.9 Å². The number of hydrogen-bond acceptors (Lipinski definition) is 3. The highest BCUT2D eigenvalue weighted by molar-refractivity contribution is 7.89. The summed E-state index contributed by atoms with van der Waals surface area (Å²) in [5.74, 6) is 0. The molecule has 0 fully saturated rings. The number of nitrogens with zero attached hydrogens (tertiary/aromatic N) is 2. The fraction of sp³-hybridized carbons (Fsp3) is 0.0625. The van der Waals surface area contributed by atoms with E-state index < -0.39 is 21.1 Å². The molecule has 0 aliphatic rings. The molecular formula is C16H11Cl2F2N3O2S. The average Bonchev–Trinajstić information content (AvgIpc) is 3.00. The van der Waals surface area contributed by atoms with Crippen LogP contribution in [0.25, 0.3) is 16.9 Å². The minimum atomic E-state index is -4.12. The van der Waals surface area contributed by atoms with Gasteiger partial charge in [-0.1, -0.05) is 35.9 Å². The summed E-state index contributed by atoms with van der Waals surface area (Å²) < 4.78 is 52.0. The van der Waals surface area contributed by atoms with Gasteiger partial charge in [0.05, 0.1) is 11.4 Å². The van der Waals surface area contributed by atoms with Crippen LogP contribution in [0.4, 0.5) is 8.78 Å². The second kappa shape index (κ2) is 6.62. The fourth-order valence-electron chi connectivity index (χ4n) is 2.40. The summed E-state index contributed by atoms with van der Waals surface area (Å²) >= 11 is 11.0. The number of sulfonamides is 1. The molecule has 2 aromatic carbocycles. The van der Waals surface area contributed by atoms with E-state index >= 15 is 0 Å². The monoisotopic (exact) mass is 417 g/mol. The Morgan fingerprint density at radius 1 is 1.08 bits per heavy atom. The van der Waals surface area contributed by atoms with Crippen LogP contribution in [0.5, 0.6) is 0 Å². The van der Waals surface area contributed by atoms with Crippen molar-refractivity contribution in [3.8, 4) is 16.9 Å². The highest BCUT2D eigenvalue weighted by atomic mass is 35.5. The summed E-state index contributed by atoms with van der Waals surface area (Å²) in [6.45, 7) is 0. The van der Waals surface area contributed by atoms with Gasteiger partial charge < -0.3 is 0 Å².